The molecule has 5 nitrogen and oxygen atoms in total. The van der Waals surface area contributed by atoms with Gasteiger partial charge in [-0.1, -0.05) is 0 Å². The predicted octanol–water partition coefficient (Wildman–Crippen LogP) is 2.73. The van der Waals surface area contributed by atoms with Gasteiger partial charge in [0.1, 0.15) is 5.82 Å². The van der Waals surface area contributed by atoms with Crippen LogP contribution in [0, 0.1) is 5.82 Å². The fraction of sp³-hybridized carbons (Fsp3) is 0.0833. The number of carbonyl (C=O) groups is 1. The summed E-state index contributed by atoms with van der Waals surface area (Å²) in [7, 11) is -3.50. The number of carbonyl (C=O) groups excluding carboxylic acids is 1. The van der Waals surface area contributed by atoms with Gasteiger partial charge in [-0.25, -0.2) is 12.8 Å². The molecule has 1 aromatic carbocycles. The molecule has 1 N–H and O–H groups in total. The van der Waals surface area contributed by atoms with Crippen molar-refractivity contribution in [2.75, 3.05) is 11.6 Å². The number of hydrogen-bond donors (Lipinski definition) is 1. The van der Waals surface area contributed by atoms with E-state index in [9.17, 15) is 17.6 Å². The van der Waals surface area contributed by atoms with E-state index in [1.165, 1.54) is 12.3 Å². The number of rotatable bonds is 3. The molecule has 106 valence electrons. The lowest BCUT2D eigenvalue weighted by atomic mass is 10.2. The summed E-state index contributed by atoms with van der Waals surface area (Å²) in [5.74, 6) is -1.46. The number of anilines is 1. The average molecular weight is 318 g/mol. The van der Waals surface area contributed by atoms with Gasteiger partial charge in [0.15, 0.2) is 9.84 Å². The maximum atomic E-state index is 13.6. The van der Waals surface area contributed by atoms with Crippen LogP contribution in [0.5, 0.6) is 0 Å². The lowest BCUT2D eigenvalue weighted by molar-refractivity contribution is 0.102. The molecule has 0 saturated heterocycles. The first-order chi connectivity index (χ1) is 9.29. The summed E-state index contributed by atoms with van der Waals surface area (Å²) in [5.41, 5.74) is -0.231. The number of nitrogens with one attached hydrogen (secondary N) is 1. The van der Waals surface area contributed by atoms with Crippen LogP contribution in [0.4, 0.5) is 10.1 Å². The van der Waals surface area contributed by atoms with Crippen LogP contribution < -0.4 is 5.32 Å². The summed E-state index contributed by atoms with van der Waals surface area (Å²) in [4.78, 5) is 11.7. The molecule has 0 fully saturated rings. The molecular weight excluding hydrogens is 309 g/mol. The van der Waals surface area contributed by atoms with E-state index in [1.54, 1.807) is 0 Å². The molecule has 8 heteroatoms. The highest BCUT2D eigenvalue weighted by atomic mass is 35.5. The van der Waals surface area contributed by atoms with Crippen molar-refractivity contribution in [1.29, 1.82) is 0 Å². The van der Waals surface area contributed by atoms with Crippen molar-refractivity contribution < 1.29 is 22.0 Å². The number of hydrogen-bond acceptors (Lipinski definition) is 4. The van der Waals surface area contributed by atoms with Crippen molar-refractivity contribution in [2.45, 2.75) is 4.90 Å². The van der Waals surface area contributed by atoms with Crippen LogP contribution in [0.3, 0.4) is 0 Å². The molecule has 0 unspecified atom stereocenters. The standard InChI is InChI=1S/C12H9ClFNO4S/c1-20(17,18)7-2-3-9(14)10(6-7)15-12(16)8-4-5-19-11(8)13/h2-6H,1H3,(H,15,16). The zero-order valence-electron chi connectivity index (χ0n) is 10.2. The van der Waals surface area contributed by atoms with Crippen LogP contribution in [0.2, 0.25) is 5.22 Å². The maximum absolute atomic E-state index is 13.6. The van der Waals surface area contributed by atoms with Crippen LogP contribution in [-0.4, -0.2) is 20.6 Å². The van der Waals surface area contributed by atoms with Crippen molar-refractivity contribution in [2.24, 2.45) is 0 Å². The molecule has 1 aromatic heterocycles. The van der Waals surface area contributed by atoms with Gasteiger partial charge in [0.05, 0.1) is 22.4 Å². The summed E-state index contributed by atoms with van der Waals surface area (Å²) in [6, 6.07) is 4.43. The van der Waals surface area contributed by atoms with E-state index in [0.717, 1.165) is 24.5 Å². The van der Waals surface area contributed by atoms with Crippen LogP contribution in [-0.2, 0) is 9.84 Å². The van der Waals surface area contributed by atoms with Crippen molar-refractivity contribution in [3.05, 3.63) is 47.1 Å². The summed E-state index contributed by atoms with van der Waals surface area (Å²) in [6.45, 7) is 0. The second kappa shape index (κ2) is 5.26. The van der Waals surface area contributed by atoms with E-state index < -0.39 is 21.6 Å². The Bertz CT molecular complexity index is 770. The van der Waals surface area contributed by atoms with Gasteiger partial charge < -0.3 is 9.73 Å². The molecule has 0 aliphatic carbocycles. The molecule has 0 aliphatic rings. The van der Waals surface area contributed by atoms with Gasteiger partial charge in [-0.15, -0.1) is 0 Å². The predicted molar refractivity (Wildman–Crippen MR) is 71.2 cm³/mol. The summed E-state index contributed by atoms with van der Waals surface area (Å²) in [5, 5.41) is 2.11. The van der Waals surface area contributed by atoms with Crippen LogP contribution in [0.15, 0.2) is 39.8 Å². The minimum atomic E-state index is -3.50. The fourth-order valence-electron chi connectivity index (χ4n) is 1.48. The Kier molecular flexibility index (Phi) is 3.82. The van der Waals surface area contributed by atoms with Crippen molar-refractivity contribution in [1.82, 2.24) is 0 Å². The summed E-state index contributed by atoms with van der Waals surface area (Å²) >= 11 is 5.63. The third-order valence-corrected chi connectivity index (χ3v) is 3.88. The average Bonchev–Trinajstić information content (AvgIpc) is 2.77. The van der Waals surface area contributed by atoms with Gasteiger partial charge in [-0.3, -0.25) is 4.79 Å². The van der Waals surface area contributed by atoms with E-state index in [0.29, 0.717) is 0 Å². The number of benzene rings is 1. The largest absolute Gasteiger partial charge is 0.452 e. The topological polar surface area (TPSA) is 76.4 Å². The second-order valence-corrected chi connectivity index (χ2v) is 6.33. The van der Waals surface area contributed by atoms with Gasteiger partial charge in [-0.2, -0.15) is 0 Å². The van der Waals surface area contributed by atoms with Gasteiger partial charge in [0.25, 0.3) is 5.91 Å². The van der Waals surface area contributed by atoms with E-state index in [4.69, 9.17) is 16.0 Å². The summed E-state index contributed by atoms with van der Waals surface area (Å²) < 4.78 is 41.1. The van der Waals surface area contributed by atoms with Crippen molar-refractivity contribution >= 4 is 33.0 Å². The zero-order valence-corrected chi connectivity index (χ0v) is 11.8. The molecule has 0 bridgehead atoms. The third kappa shape index (κ3) is 3.00. The Morgan fingerprint density at radius 2 is 2.05 bits per heavy atom. The Morgan fingerprint density at radius 1 is 1.35 bits per heavy atom. The first-order valence-electron chi connectivity index (χ1n) is 5.33. The van der Waals surface area contributed by atoms with Gasteiger partial charge >= 0.3 is 0 Å². The lowest BCUT2D eigenvalue weighted by Crippen LogP contribution is -2.13. The first-order valence-corrected chi connectivity index (χ1v) is 7.60. The minimum absolute atomic E-state index is 0.0239. The maximum Gasteiger partial charge on any atom is 0.260 e. The van der Waals surface area contributed by atoms with E-state index >= 15 is 0 Å². The first kappa shape index (κ1) is 14.5. The number of halogens is 2. The molecule has 0 aliphatic heterocycles. The van der Waals surface area contributed by atoms with Gasteiger partial charge in [-0.05, 0) is 35.9 Å². The minimum Gasteiger partial charge on any atom is -0.452 e. The molecule has 0 saturated carbocycles. The normalized spacial score (nSPS) is 11.3. The van der Waals surface area contributed by atoms with Crippen molar-refractivity contribution in [3.63, 3.8) is 0 Å². The SMILES string of the molecule is CS(=O)(=O)c1ccc(F)c(NC(=O)c2ccoc2Cl)c1. The Morgan fingerprint density at radius 3 is 2.60 bits per heavy atom. The Balaban J connectivity index is 2.34. The number of sulfone groups is 1. The molecular formula is C12H9ClFNO4S. The molecule has 20 heavy (non-hydrogen) atoms. The van der Waals surface area contributed by atoms with Gasteiger partial charge in [0.2, 0.25) is 5.22 Å². The molecule has 2 rings (SSSR count). The molecule has 1 amide bonds. The van der Waals surface area contributed by atoms with E-state index in [1.807, 2.05) is 0 Å². The molecule has 0 atom stereocenters. The number of amides is 1. The third-order valence-electron chi connectivity index (χ3n) is 2.48. The van der Waals surface area contributed by atoms with Crippen molar-refractivity contribution in [3.8, 4) is 0 Å². The van der Waals surface area contributed by atoms with Crippen LogP contribution in [0.25, 0.3) is 0 Å². The van der Waals surface area contributed by atoms with E-state index in [-0.39, 0.29) is 21.4 Å². The highest BCUT2D eigenvalue weighted by Crippen LogP contribution is 2.22. The Labute approximate surface area is 119 Å². The van der Waals surface area contributed by atoms with Crippen LogP contribution in [0.1, 0.15) is 10.4 Å². The number of furan rings is 1. The summed E-state index contributed by atoms with van der Waals surface area (Å²) in [6.07, 6.45) is 2.19. The molecule has 0 radical (unpaired) electrons. The highest BCUT2D eigenvalue weighted by molar-refractivity contribution is 7.90. The smallest absolute Gasteiger partial charge is 0.260 e. The Hall–Kier alpha value is -1.86. The zero-order chi connectivity index (χ0) is 14.9. The fourth-order valence-corrected chi connectivity index (χ4v) is 2.32. The monoisotopic (exact) mass is 317 g/mol. The quantitative estimate of drug-likeness (QED) is 0.883. The lowest BCUT2D eigenvalue weighted by Gasteiger charge is -2.07. The van der Waals surface area contributed by atoms with Gasteiger partial charge in [0, 0.05) is 6.26 Å². The second-order valence-electron chi connectivity index (χ2n) is 3.98. The molecule has 0 spiro atoms. The highest BCUT2D eigenvalue weighted by Gasteiger charge is 2.17. The van der Waals surface area contributed by atoms with Crippen LogP contribution >= 0.6 is 11.6 Å². The van der Waals surface area contributed by atoms with E-state index in [2.05, 4.69) is 5.32 Å². The molecule has 2 aromatic rings. The molecule has 1 heterocycles.